The molecule has 1 amide bonds. The lowest BCUT2D eigenvalue weighted by Gasteiger charge is -2.23. The van der Waals surface area contributed by atoms with Gasteiger partial charge in [0.15, 0.2) is 0 Å². The molecule has 2 aromatic carbocycles. The minimum atomic E-state index is -3.64. The summed E-state index contributed by atoms with van der Waals surface area (Å²) in [6.45, 7) is 5.80. The number of nitrogens with zero attached hydrogens (tertiary/aromatic N) is 1. The third kappa shape index (κ3) is 5.55. The van der Waals surface area contributed by atoms with Gasteiger partial charge in [0.2, 0.25) is 0 Å². The van der Waals surface area contributed by atoms with Gasteiger partial charge in [0.25, 0.3) is 15.9 Å². The van der Waals surface area contributed by atoms with Gasteiger partial charge in [0.1, 0.15) is 0 Å². The molecule has 0 aliphatic rings. The molecular weight excluding hydrogens is 364 g/mol. The van der Waals surface area contributed by atoms with E-state index in [-0.39, 0.29) is 10.8 Å². The lowest BCUT2D eigenvalue weighted by Crippen LogP contribution is -2.31. The van der Waals surface area contributed by atoms with Crippen molar-refractivity contribution in [1.29, 1.82) is 0 Å². The molecule has 0 aliphatic carbocycles. The second kappa shape index (κ2) is 10.1. The number of amides is 1. The molecule has 0 saturated carbocycles. The van der Waals surface area contributed by atoms with Gasteiger partial charge in [-0.1, -0.05) is 18.2 Å². The summed E-state index contributed by atoms with van der Waals surface area (Å²) in [5.41, 5.74) is 1.01. The molecule has 0 heterocycles. The van der Waals surface area contributed by atoms with Crippen LogP contribution in [0, 0.1) is 0 Å². The van der Waals surface area contributed by atoms with Crippen LogP contribution in [0.3, 0.4) is 0 Å². The number of hydrogen-bond donors (Lipinski definition) is 1. The highest BCUT2D eigenvalue weighted by Crippen LogP contribution is 2.23. The molecule has 0 aliphatic heterocycles. The first-order valence-corrected chi connectivity index (χ1v) is 10.5. The summed E-state index contributed by atoms with van der Waals surface area (Å²) in [4.78, 5) is 12.4. The number of sulfonamides is 1. The van der Waals surface area contributed by atoms with Gasteiger partial charge in [-0.2, -0.15) is 0 Å². The fourth-order valence-corrected chi connectivity index (χ4v) is 4.11. The molecule has 1 N–H and O–H groups in total. The molecule has 0 radical (unpaired) electrons. The summed E-state index contributed by atoms with van der Waals surface area (Å²) in [5.74, 6) is -0.188. The smallest absolute Gasteiger partial charge is 0.264 e. The van der Waals surface area contributed by atoms with E-state index >= 15 is 0 Å². The van der Waals surface area contributed by atoms with Gasteiger partial charge in [0.05, 0.1) is 10.6 Å². The van der Waals surface area contributed by atoms with E-state index < -0.39 is 10.0 Å². The molecule has 0 aromatic heterocycles. The fourth-order valence-electron chi connectivity index (χ4n) is 2.61. The van der Waals surface area contributed by atoms with Crippen LogP contribution < -0.4 is 9.62 Å². The van der Waals surface area contributed by atoms with Crippen molar-refractivity contribution in [3.8, 4) is 0 Å². The van der Waals surface area contributed by atoms with Crippen LogP contribution in [0.2, 0.25) is 0 Å². The topological polar surface area (TPSA) is 75.7 Å². The SMILES string of the molecule is CCOCCCNC(=O)c1ccc(N(CC)S(=O)(=O)c2ccccc2)cc1. The highest BCUT2D eigenvalue weighted by atomic mass is 32.2. The maximum absolute atomic E-state index is 12.8. The summed E-state index contributed by atoms with van der Waals surface area (Å²) in [5, 5.41) is 2.83. The first kappa shape index (κ1) is 20.9. The van der Waals surface area contributed by atoms with Crippen LogP contribution in [0.25, 0.3) is 0 Å². The molecule has 146 valence electrons. The Morgan fingerprint density at radius 2 is 1.70 bits per heavy atom. The molecule has 0 saturated heterocycles. The maximum Gasteiger partial charge on any atom is 0.264 e. The second-order valence-electron chi connectivity index (χ2n) is 5.84. The van der Waals surface area contributed by atoms with Crippen molar-refractivity contribution in [1.82, 2.24) is 5.32 Å². The largest absolute Gasteiger partial charge is 0.382 e. The first-order valence-electron chi connectivity index (χ1n) is 9.04. The van der Waals surface area contributed by atoms with E-state index in [0.717, 1.165) is 6.42 Å². The van der Waals surface area contributed by atoms with Crippen molar-refractivity contribution >= 4 is 21.6 Å². The van der Waals surface area contributed by atoms with Crippen LogP contribution in [0.1, 0.15) is 30.6 Å². The zero-order valence-corrected chi connectivity index (χ0v) is 16.5. The van der Waals surface area contributed by atoms with Crippen molar-refractivity contribution in [2.24, 2.45) is 0 Å². The van der Waals surface area contributed by atoms with Gasteiger partial charge in [-0.3, -0.25) is 9.10 Å². The standard InChI is InChI=1S/C20H26N2O4S/c1-3-22(27(24,25)19-9-6-5-7-10-19)18-13-11-17(12-14-18)20(23)21-15-8-16-26-4-2/h5-7,9-14H,3-4,8,15-16H2,1-2H3,(H,21,23). The summed E-state index contributed by atoms with van der Waals surface area (Å²) >= 11 is 0. The third-order valence-electron chi connectivity index (χ3n) is 3.99. The number of anilines is 1. The molecule has 0 spiro atoms. The minimum absolute atomic E-state index is 0.188. The van der Waals surface area contributed by atoms with E-state index in [9.17, 15) is 13.2 Å². The fraction of sp³-hybridized carbons (Fsp3) is 0.350. The maximum atomic E-state index is 12.8. The molecule has 6 nitrogen and oxygen atoms in total. The molecule has 0 unspecified atom stereocenters. The van der Waals surface area contributed by atoms with Crippen LogP contribution in [-0.2, 0) is 14.8 Å². The molecule has 27 heavy (non-hydrogen) atoms. The molecule has 7 heteroatoms. The number of rotatable bonds is 10. The molecule has 0 atom stereocenters. The van der Waals surface area contributed by atoms with E-state index in [1.165, 1.54) is 4.31 Å². The molecule has 0 bridgehead atoms. The van der Waals surface area contributed by atoms with Crippen LogP contribution in [0.4, 0.5) is 5.69 Å². The summed E-state index contributed by atoms with van der Waals surface area (Å²) in [6.07, 6.45) is 0.747. The molecule has 2 rings (SSSR count). The normalized spacial score (nSPS) is 11.2. The van der Waals surface area contributed by atoms with Gasteiger partial charge < -0.3 is 10.1 Å². The Hall–Kier alpha value is -2.38. The van der Waals surface area contributed by atoms with Crippen molar-refractivity contribution in [3.63, 3.8) is 0 Å². The predicted molar refractivity (Wildman–Crippen MR) is 107 cm³/mol. The Balaban J connectivity index is 2.07. The van der Waals surface area contributed by atoms with Crippen LogP contribution >= 0.6 is 0 Å². The van der Waals surface area contributed by atoms with E-state index in [1.54, 1.807) is 61.5 Å². The van der Waals surface area contributed by atoms with E-state index in [4.69, 9.17) is 4.74 Å². The summed E-state index contributed by atoms with van der Waals surface area (Å²) in [7, 11) is -3.64. The van der Waals surface area contributed by atoms with Crippen LogP contribution in [0.15, 0.2) is 59.5 Å². The molecule has 2 aromatic rings. The third-order valence-corrected chi connectivity index (χ3v) is 5.91. The number of carbonyl (C=O) groups is 1. The Kier molecular flexibility index (Phi) is 7.82. The van der Waals surface area contributed by atoms with Gasteiger partial charge in [0, 0.05) is 31.9 Å². The average Bonchev–Trinajstić information content (AvgIpc) is 2.69. The lowest BCUT2D eigenvalue weighted by molar-refractivity contribution is 0.0944. The average molecular weight is 391 g/mol. The number of ether oxygens (including phenoxy) is 1. The monoisotopic (exact) mass is 390 g/mol. The van der Waals surface area contributed by atoms with E-state index in [2.05, 4.69) is 5.32 Å². The summed E-state index contributed by atoms with van der Waals surface area (Å²) < 4.78 is 32.2. The minimum Gasteiger partial charge on any atom is -0.382 e. The van der Waals surface area contributed by atoms with Crippen molar-refractivity contribution in [3.05, 3.63) is 60.2 Å². The molecule has 0 fully saturated rings. The van der Waals surface area contributed by atoms with Crippen molar-refractivity contribution < 1.29 is 17.9 Å². The van der Waals surface area contributed by atoms with Gasteiger partial charge in [-0.25, -0.2) is 8.42 Å². The second-order valence-corrected chi connectivity index (χ2v) is 7.70. The number of nitrogens with one attached hydrogen (secondary N) is 1. The van der Waals surface area contributed by atoms with Gasteiger partial charge >= 0.3 is 0 Å². The lowest BCUT2D eigenvalue weighted by atomic mass is 10.2. The number of benzene rings is 2. The Bertz CT molecular complexity index is 821. The Morgan fingerprint density at radius 3 is 2.30 bits per heavy atom. The zero-order chi connectivity index (χ0) is 19.7. The van der Waals surface area contributed by atoms with Gasteiger partial charge in [-0.15, -0.1) is 0 Å². The highest BCUT2D eigenvalue weighted by Gasteiger charge is 2.23. The predicted octanol–water partition coefficient (Wildman–Crippen LogP) is 3.06. The van der Waals surface area contributed by atoms with Crippen LogP contribution in [-0.4, -0.2) is 40.6 Å². The number of carbonyl (C=O) groups excluding carboxylic acids is 1. The quantitative estimate of drug-likeness (QED) is 0.633. The summed E-state index contributed by atoms with van der Waals surface area (Å²) in [6, 6.07) is 14.9. The number of hydrogen-bond acceptors (Lipinski definition) is 4. The van der Waals surface area contributed by atoms with Crippen LogP contribution in [0.5, 0.6) is 0 Å². The van der Waals surface area contributed by atoms with Crippen molar-refractivity contribution in [2.75, 3.05) is 30.6 Å². The Labute approximate surface area is 161 Å². The zero-order valence-electron chi connectivity index (χ0n) is 15.7. The highest BCUT2D eigenvalue weighted by molar-refractivity contribution is 7.92. The first-order chi connectivity index (χ1) is 13.0. The van der Waals surface area contributed by atoms with Gasteiger partial charge in [-0.05, 0) is 56.7 Å². The van der Waals surface area contributed by atoms with Crippen molar-refractivity contribution in [2.45, 2.75) is 25.2 Å². The van der Waals surface area contributed by atoms with E-state index in [1.807, 2.05) is 6.92 Å². The molecular formula is C20H26N2O4S. The van der Waals surface area contributed by atoms with E-state index in [0.29, 0.717) is 37.6 Å². The Morgan fingerprint density at radius 1 is 1.04 bits per heavy atom.